The number of benzene rings is 1. The molecule has 1 N–H and O–H groups in total. The molecular formula is C21H26FN3O3. The Hall–Kier alpha value is -2.67. The highest BCUT2D eigenvalue weighted by molar-refractivity contribution is 6.02. The molecule has 1 aromatic carbocycles. The van der Waals surface area contributed by atoms with Crippen LogP contribution in [0.1, 0.15) is 39.0 Å². The van der Waals surface area contributed by atoms with Gasteiger partial charge >= 0.3 is 5.97 Å². The molecule has 0 spiro atoms. The summed E-state index contributed by atoms with van der Waals surface area (Å²) < 4.78 is 19.0. The molecule has 6 nitrogen and oxygen atoms in total. The Morgan fingerprint density at radius 1 is 1.14 bits per heavy atom. The van der Waals surface area contributed by atoms with Crippen LogP contribution in [0.25, 0.3) is 0 Å². The summed E-state index contributed by atoms with van der Waals surface area (Å²) in [5.41, 5.74) is 2.77. The maximum atomic E-state index is 14.0. The zero-order chi connectivity index (χ0) is 20.3. The van der Waals surface area contributed by atoms with Crippen molar-refractivity contribution in [3.8, 4) is 0 Å². The van der Waals surface area contributed by atoms with Crippen LogP contribution in [0.15, 0.2) is 24.3 Å². The summed E-state index contributed by atoms with van der Waals surface area (Å²) in [6, 6.07) is 6.74. The number of aromatic nitrogens is 1. The van der Waals surface area contributed by atoms with Crippen molar-refractivity contribution in [2.75, 3.05) is 44.2 Å². The minimum Gasteiger partial charge on any atom is -0.462 e. The van der Waals surface area contributed by atoms with Gasteiger partial charge in [0.05, 0.1) is 30.1 Å². The number of H-pyrrole nitrogens is 1. The summed E-state index contributed by atoms with van der Waals surface area (Å²) in [6.45, 7) is 8.49. The first-order chi connectivity index (χ1) is 13.4. The van der Waals surface area contributed by atoms with Gasteiger partial charge in [-0.15, -0.1) is 0 Å². The molecule has 28 heavy (non-hydrogen) atoms. The lowest BCUT2D eigenvalue weighted by Gasteiger charge is -2.35. The van der Waals surface area contributed by atoms with Gasteiger partial charge in [-0.2, -0.15) is 0 Å². The highest BCUT2D eigenvalue weighted by Crippen LogP contribution is 2.22. The Bertz CT molecular complexity index is 870. The van der Waals surface area contributed by atoms with Gasteiger partial charge < -0.3 is 14.6 Å². The van der Waals surface area contributed by atoms with E-state index in [-0.39, 0.29) is 18.1 Å². The first kappa shape index (κ1) is 20.1. The fraction of sp³-hybridized carbons (Fsp3) is 0.429. The number of carbonyl (C=O) groups excluding carboxylic acids is 2. The number of halogens is 1. The quantitative estimate of drug-likeness (QED) is 0.610. The zero-order valence-corrected chi connectivity index (χ0v) is 16.5. The summed E-state index contributed by atoms with van der Waals surface area (Å²) >= 11 is 0. The van der Waals surface area contributed by atoms with Crippen molar-refractivity contribution in [1.29, 1.82) is 0 Å². The third-order valence-corrected chi connectivity index (χ3v) is 5.13. The van der Waals surface area contributed by atoms with Crippen LogP contribution in [0, 0.1) is 19.7 Å². The number of para-hydroxylation sites is 1. The molecule has 1 saturated heterocycles. The van der Waals surface area contributed by atoms with Gasteiger partial charge in [0.2, 0.25) is 0 Å². The van der Waals surface area contributed by atoms with Gasteiger partial charge in [-0.1, -0.05) is 12.1 Å². The van der Waals surface area contributed by atoms with E-state index in [1.807, 2.05) is 11.0 Å². The molecule has 0 unspecified atom stereocenters. The van der Waals surface area contributed by atoms with E-state index in [4.69, 9.17) is 4.74 Å². The molecule has 1 aliphatic rings. The second-order valence-electron chi connectivity index (χ2n) is 6.98. The van der Waals surface area contributed by atoms with Crippen LogP contribution in [0.2, 0.25) is 0 Å². The fourth-order valence-corrected chi connectivity index (χ4v) is 3.68. The fourth-order valence-electron chi connectivity index (χ4n) is 3.68. The second-order valence-corrected chi connectivity index (χ2v) is 6.98. The van der Waals surface area contributed by atoms with Crippen molar-refractivity contribution in [2.24, 2.45) is 0 Å². The van der Waals surface area contributed by atoms with Crippen LogP contribution >= 0.6 is 0 Å². The third-order valence-electron chi connectivity index (χ3n) is 5.13. The summed E-state index contributed by atoms with van der Waals surface area (Å²) in [6.07, 6.45) is 0. The number of anilines is 1. The SMILES string of the molecule is CCOC(=O)c1c(C)[nH]c(C(=O)CN2CCN(c3ccccc3F)CC2)c1C. The van der Waals surface area contributed by atoms with E-state index in [2.05, 4.69) is 9.88 Å². The van der Waals surface area contributed by atoms with Gasteiger partial charge in [0, 0.05) is 31.9 Å². The largest absolute Gasteiger partial charge is 0.462 e. The van der Waals surface area contributed by atoms with Crippen molar-refractivity contribution in [2.45, 2.75) is 20.8 Å². The molecule has 2 heterocycles. The number of esters is 1. The van der Waals surface area contributed by atoms with Crippen LogP contribution in [0.3, 0.4) is 0 Å². The van der Waals surface area contributed by atoms with Crippen molar-refractivity contribution >= 4 is 17.4 Å². The summed E-state index contributed by atoms with van der Waals surface area (Å²) in [4.78, 5) is 32.0. The van der Waals surface area contributed by atoms with E-state index in [0.29, 0.717) is 61.0 Å². The predicted molar refractivity (Wildman–Crippen MR) is 106 cm³/mol. The molecule has 0 atom stereocenters. The number of ketones is 1. The molecule has 0 radical (unpaired) electrons. The number of ether oxygens (including phenoxy) is 1. The lowest BCUT2D eigenvalue weighted by molar-refractivity contribution is 0.0525. The Balaban J connectivity index is 1.63. The third kappa shape index (κ3) is 4.09. The standard InChI is InChI=1S/C21H26FN3O3/c1-4-28-21(27)19-14(2)20(23-15(19)3)18(26)13-24-9-11-25(12-10-24)17-8-6-5-7-16(17)22/h5-8,23H,4,9-13H2,1-3H3. The van der Waals surface area contributed by atoms with Gasteiger partial charge in [-0.25, -0.2) is 9.18 Å². The smallest absolute Gasteiger partial charge is 0.340 e. The number of nitrogens with zero attached hydrogens (tertiary/aromatic N) is 2. The highest BCUT2D eigenvalue weighted by Gasteiger charge is 2.26. The van der Waals surface area contributed by atoms with E-state index in [1.54, 1.807) is 32.9 Å². The van der Waals surface area contributed by atoms with E-state index in [9.17, 15) is 14.0 Å². The van der Waals surface area contributed by atoms with Gasteiger partial charge in [-0.05, 0) is 38.5 Å². The van der Waals surface area contributed by atoms with Crippen molar-refractivity contribution in [3.05, 3.63) is 52.6 Å². The summed E-state index contributed by atoms with van der Waals surface area (Å²) in [5, 5.41) is 0. The van der Waals surface area contributed by atoms with Crippen LogP contribution in [0.5, 0.6) is 0 Å². The van der Waals surface area contributed by atoms with Crippen LogP contribution in [0.4, 0.5) is 10.1 Å². The Morgan fingerprint density at radius 3 is 2.46 bits per heavy atom. The lowest BCUT2D eigenvalue weighted by atomic mass is 10.1. The Morgan fingerprint density at radius 2 is 1.82 bits per heavy atom. The molecule has 2 aromatic rings. The molecule has 1 aliphatic heterocycles. The number of hydrogen-bond acceptors (Lipinski definition) is 5. The van der Waals surface area contributed by atoms with Crippen molar-refractivity contribution in [3.63, 3.8) is 0 Å². The van der Waals surface area contributed by atoms with E-state index >= 15 is 0 Å². The number of hydrogen-bond donors (Lipinski definition) is 1. The molecule has 0 saturated carbocycles. The minimum atomic E-state index is -0.411. The molecule has 7 heteroatoms. The Labute approximate surface area is 164 Å². The lowest BCUT2D eigenvalue weighted by Crippen LogP contribution is -2.48. The number of rotatable bonds is 6. The van der Waals surface area contributed by atoms with Gasteiger partial charge in [0.25, 0.3) is 0 Å². The van der Waals surface area contributed by atoms with E-state index < -0.39 is 5.97 Å². The highest BCUT2D eigenvalue weighted by atomic mass is 19.1. The molecule has 150 valence electrons. The maximum absolute atomic E-state index is 14.0. The number of aryl methyl sites for hydroxylation is 1. The average molecular weight is 387 g/mol. The average Bonchev–Trinajstić information content (AvgIpc) is 2.97. The molecular weight excluding hydrogens is 361 g/mol. The molecule has 0 aliphatic carbocycles. The van der Waals surface area contributed by atoms with Crippen molar-refractivity contribution < 1.29 is 18.7 Å². The molecule has 3 rings (SSSR count). The predicted octanol–water partition coefficient (Wildman–Crippen LogP) is 2.95. The number of nitrogens with one attached hydrogen (secondary N) is 1. The van der Waals surface area contributed by atoms with Crippen LogP contribution in [-0.2, 0) is 4.74 Å². The molecule has 0 amide bonds. The minimum absolute atomic E-state index is 0.0597. The molecule has 0 bridgehead atoms. The van der Waals surface area contributed by atoms with Crippen LogP contribution < -0.4 is 4.90 Å². The van der Waals surface area contributed by atoms with Gasteiger partial charge in [0.15, 0.2) is 5.78 Å². The number of aromatic amines is 1. The second kappa shape index (κ2) is 8.56. The number of carbonyl (C=O) groups is 2. The normalized spacial score (nSPS) is 14.9. The monoisotopic (exact) mass is 387 g/mol. The first-order valence-electron chi connectivity index (χ1n) is 9.53. The topological polar surface area (TPSA) is 65.6 Å². The van der Waals surface area contributed by atoms with E-state index in [0.717, 1.165) is 0 Å². The number of piperazine rings is 1. The molecule has 1 fully saturated rings. The van der Waals surface area contributed by atoms with Gasteiger partial charge in [0.1, 0.15) is 5.82 Å². The summed E-state index contributed by atoms with van der Waals surface area (Å²) in [7, 11) is 0. The Kier molecular flexibility index (Phi) is 6.14. The maximum Gasteiger partial charge on any atom is 0.340 e. The zero-order valence-electron chi connectivity index (χ0n) is 16.5. The van der Waals surface area contributed by atoms with Gasteiger partial charge in [-0.3, -0.25) is 9.69 Å². The van der Waals surface area contributed by atoms with Crippen LogP contribution in [-0.4, -0.2) is 61.0 Å². The van der Waals surface area contributed by atoms with E-state index in [1.165, 1.54) is 6.07 Å². The van der Waals surface area contributed by atoms with Crippen molar-refractivity contribution in [1.82, 2.24) is 9.88 Å². The summed E-state index contributed by atoms with van der Waals surface area (Å²) in [5.74, 6) is -0.696. The number of Topliss-reactive ketones (excluding diaryl/α,β-unsaturated/α-hetero) is 1. The first-order valence-corrected chi connectivity index (χ1v) is 9.53. The molecule has 1 aromatic heterocycles.